The van der Waals surface area contributed by atoms with Gasteiger partial charge in [-0.15, -0.1) is 0 Å². The quantitative estimate of drug-likeness (QED) is 0.868. The van der Waals surface area contributed by atoms with Gasteiger partial charge in [0.15, 0.2) is 0 Å². The average Bonchev–Trinajstić information content (AvgIpc) is 2.37. The highest BCUT2D eigenvalue weighted by molar-refractivity contribution is 5.36. The second-order valence-electron chi connectivity index (χ2n) is 6.14. The standard InChI is InChI=1S/C14H26N6O/c1-10(2)21-14-17-12(15)16-13(18-14)20-7-5-11(6-8-20)9-19(3)4/h10-11H,5-9H2,1-4H3,(H2,15,16,17,18). The van der Waals surface area contributed by atoms with Gasteiger partial charge >= 0.3 is 6.01 Å². The summed E-state index contributed by atoms with van der Waals surface area (Å²) in [6, 6.07) is 0.308. The summed E-state index contributed by atoms with van der Waals surface area (Å²) in [5, 5.41) is 0. The fraction of sp³-hybridized carbons (Fsp3) is 0.786. The van der Waals surface area contributed by atoms with Gasteiger partial charge < -0.3 is 20.3 Å². The molecule has 1 aliphatic heterocycles. The summed E-state index contributed by atoms with van der Waals surface area (Å²) in [6.07, 6.45) is 2.30. The Labute approximate surface area is 126 Å². The van der Waals surface area contributed by atoms with Crippen molar-refractivity contribution >= 4 is 11.9 Å². The fourth-order valence-electron chi connectivity index (χ4n) is 2.60. The number of anilines is 2. The number of aromatic nitrogens is 3. The number of hydrogen-bond donors (Lipinski definition) is 1. The molecule has 0 bridgehead atoms. The van der Waals surface area contributed by atoms with E-state index in [1.54, 1.807) is 0 Å². The molecular formula is C14H26N6O. The van der Waals surface area contributed by atoms with Crippen molar-refractivity contribution in [3.63, 3.8) is 0 Å². The van der Waals surface area contributed by atoms with E-state index >= 15 is 0 Å². The molecule has 21 heavy (non-hydrogen) atoms. The third-order valence-corrected chi connectivity index (χ3v) is 3.48. The normalized spacial score (nSPS) is 16.8. The maximum absolute atomic E-state index is 5.76. The molecular weight excluding hydrogens is 268 g/mol. The van der Waals surface area contributed by atoms with Crippen molar-refractivity contribution in [3.05, 3.63) is 0 Å². The second kappa shape index (κ2) is 6.89. The van der Waals surface area contributed by atoms with Crippen molar-refractivity contribution < 1.29 is 4.74 Å². The van der Waals surface area contributed by atoms with Crippen molar-refractivity contribution in [1.82, 2.24) is 19.9 Å². The maximum Gasteiger partial charge on any atom is 0.323 e. The maximum atomic E-state index is 5.76. The first-order chi connectivity index (χ1) is 9.94. The number of rotatable bonds is 5. The topological polar surface area (TPSA) is 80.4 Å². The lowest BCUT2D eigenvalue weighted by Gasteiger charge is -2.33. The number of nitrogens with zero attached hydrogens (tertiary/aromatic N) is 5. The monoisotopic (exact) mass is 294 g/mol. The molecule has 0 atom stereocenters. The minimum absolute atomic E-state index is 0.0190. The number of piperidine rings is 1. The summed E-state index contributed by atoms with van der Waals surface area (Å²) < 4.78 is 5.52. The van der Waals surface area contributed by atoms with Gasteiger partial charge in [-0.1, -0.05) is 0 Å². The molecule has 7 nitrogen and oxygen atoms in total. The van der Waals surface area contributed by atoms with Crippen LogP contribution >= 0.6 is 0 Å². The summed E-state index contributed by atoms with van der Waals surface area (Å²) in [5.41, 5.74) is 5.76. The summed E-state index contributed by atoms with van der Waals surface area (Å²) in [5.74, 6) is 1.58. The van der Waals surface area contributed by atoms with Crippen molar-refractivity contribution in [2.24, 2.45) is 5.92 Å². The van der Waals surface area contributed by atoms with Crippen LogP contribution in [0.5, 0.6) is 6.01 Å². The molecule has 1 saturated heterocycles. The van der Waals surface area contributed by atoms with E-state index in [4.69, 9.17) is 10.5 Å². The van der Waals surface area contributed by atoms with Gasteiger partial charge in [-0.3, -0.25) is 0 Å². The Kier molecular flexibility index (Phi) is 5.17. The van der Waals surface area contributed by atoms with E-state index in [9.17, 15) is 0 Å². The molecule has 0 unspecified atom stereocenters. The van der Waals surface area contributed by atoms with Crippen molar-refractivity contribution in [1.29, 1.82) is 0 Å². The van der Waals surface area contributed by atoms with Crippen LogP contribution in [0.2, 0.25) is 0 Å². The van der Waals surface area contributed by atoms with Gasteiger partial charge in [0.25, 0.3) is 0 Å². The second-order valence-corrected chi connectivity index (χ2v) is 6.14. The molecule has 2 N–H and O–H groups in total. The van der Waals surface area contributed by atoms with Gasteiger partial charge in [-0.05, 0) is 46.7 Å². The van der Waals surface area contributed by atoms with E-state index in [1.165, 1.54) is 0 Å². The molecule has 2 heterocycles. The molecule has 7 heteroatoms. The lowest BCUT2D eigenvalue weighted by molar-refractivity contribution is 0.221. The smallest absolute Gasteiger partial charge is 0.323 e. The summed E-state index contributed by atoms with van der Waals surface area (Å²) in [7, 11) is 4.24. The minimum atomic E-state index is 0.0190. The molecule has 0 radical (unpaired) electrons. The fourth-order valence-corrected chi connectivity index (χ4v) is 2.60. The number of ether oxygens (including phenoxy) is 1. The van der Waals surface area contributed by atoms with Crippen LogP contribution < -0.4 is 15.4 Å². The third kappa shape index (κ3) is 4.70. The van der Waals surface area contributed by atoms with Crippen molar-refractivity contribution in [2.75, 3.05) is 44.4 Å². The number of hydrogen-bond acceptors (Lipinski definition) is 7. The zero-order valence-corrected chi connectivity index (χ0v) is 13.4. The number of nitrogen functional groups attached to an aromatic ring is 1. The van der Waals surface area contributed by atoms with Gasteiger partial charge in [0.2, 0.25) is 11.9 Å². The molecule has 0 amide bonds. The Morgan fingerprint density at radius 3 is 2.48 bits per heavy atom. The van der Waals surface area contributed by atoms with Gasteiger partial charge in [0.05, 0.1) is 6.10 Å². The summed E-state index contributed by atoms with van der Waals surface area (Å²) >= 11 is 0. The van der Waals surface area contributed by atoms with Crippen LogP contribution in [-0.4, -0.2) is 59.7 Å². The van der Waals surface area contributed by atoms with Gasteiger partial charge in [-0.2, -0.15) is 15.0 Å². The highest BCUT2D eigenvalue weighted by Gasteiger charge is 2.22. The van der Waals surface area contributed by atoms with Crippen molar-refractivity contribution in [2.45, 2.75) is 32.8 Å². The van der Waals surface area contributed by atoms with Gasteiger partial charge in [0, 0.05) is 19.6 Å². The molecule has 0 aliphatic carbocycles. The summed E-state index contributed by atoms with van der Waals surface area (Å²) in [4.78, 5) is 17.0. The Hall–Kier alpha value is -1.63. The Bertz CT molecular complexity index is 457. The first-order valence-electron chi connectivity index (χ1n) is 7.52. The molecule has 1 aromatic heterocycles. The Morgan fingerprint density at radius 1 is 1.24 bits per heavy atom. The van der Waals surface area contributed by atoms with E-state index in [0.29, 0.717) is 12.0 Å². The van der Waals surface area contributed by atoms with Crippen LogP contribution in [0.1, 0.15) is 26.7 Å². The largest absolute Gasteiger partial charge is 0.461 e. The molecule has 1 fully saturated rings. The van der Waals surface area contributed by atoms with Gasteiger partial charge in [-0.25, -0.2) is 0 Å². The SMILES string of the molecule is CC(C)Oc1nc(N)nc(N2CCC(CN(C)C)CC2)n1. The molecule has 1 aromatic rings. The molecule has 0 saturated carbocycles. The molecule has 0 aromatic carbocycles. The minimum Gasteiger partial charge on any atom is -0.461 e. The van der Waals surface area contributed by atoms with Crippen LogP contribution in [0.15, 0.2) is 0 Å². The molecule has 118 valence electrons. The van der Waals surface area contributed by atoms with Crippen LogP contribution in [0.3, 0.4) is 0 Å². The van der Waals surface area contributed by atoms with E-state index in [1.807, 2.05) is 13.8 Å². The molecule has 1 aliphatic rings. The van der Waals surface area contributed by atoms with Gasteiger partial charge in [0.1, 0.15) is 0 Å². The van der Waals surface area contributed by atoms with Crippen LogP contribution in [-0.2, 0) is 0 Å². The Morgan fingerprint density at radius 2 is 1.90 bits per heavy atom. The predicted octanol–water partition coefficient (Wildman–Crippen LogP) is 1.02. The Balaban J connectivity index is 2.01. The molecule has 0 spiro atoms. The lowest BCUT2D eigenvalue weighted by Crippen LogP contribution is -2.38. The van der Waals surface area contributed by atoms with E-state index in [2.05, 4.69) is 38.8 Å². The molecule has 2 rings (SSSR count). The van der Waals surface area contributed by atoms with E-state index in [-0.39, 0.29) is 12.1 Å². The zero-order chi connectivity index (χ0) is 15.4. The third-order valence-electron chi connectivity index (χ3n) is 3.48. The van der Waals surface area contributed by atoms with Crippen LogP contribution in [0.4, 0.5) is 11.9 Å². The highest BCUT2D eigenvalue weighted by atomic mass is 16.5. The number of nitrogens with two attached hydrogens (primary N) is 1. The van der Waals surface area contributed by atoms with E-state index in [0.717, 1.165) is 38.4 Å². The predicted molar refractivity (Wildman–Crippen MR) is 83.5 cm³/mol. The highest BCUT2D eigenvalue weighted by Crippen LogP contribution is 2.22. The van der Waals surface area contributed by atoms with Crippen LogP contribution in [0.25, 0.3) is 0 Å². The van der Waals surface area contributed by atoms with E-state index < -0.39 is 0 Å². The van der Waals surface area contributed by atoms with Crippen molar-refractivity contribution in [3.8, 4) is 6.01 Å². The lowest BCUT2D eigenvalue weighted by atomic mass is 9.97. The zero-order valence-electron chi connectivity index (χ0n) is 13.4. The first-order valence-corrected chi connectivity index (χ1v) is 7.52. The summed E-state index contributed by atoms with van der Waals surface area (Å²) in [6.45, 7) is 6.90. The first kappa shape index (κ1) is 15.8. The van der Waals surface area contributed by atoms with Crippen LogP contribution in [0, 0.1) is 5.92 Å². The average molecular weight is 294 g/mol.